The second kappa shape index (κ2) is 6.30. The summed E-state index contributed by atoms with van der Waals surface area (Å²) in [5.41, 5.74) is 5.73. The van der Waals surface area contributed by atoms with Crippen molar-refractivity contribution >= 4 is 22.7 Å². The fraction of sp³-hybridized carbons (Fsp3) is 0.471. The van der Waals surface area contributed by atoms with Crippen LogP contribution in [0.4, 0.5) is 0 Å². The first-order valence-electron chi connectivity index (χ1n) is 7.92. The highest BCUT2D eigenvalue weighted by molar-refractivity contribution is 5.88. The normalized spacial score (nSPS) is 20.5. The molecule has 1 aromatic heterocycles. The molecule has 5 nitrogen and oxygen atoms in total. The van der Waals surface area contributed by atoms with Gasteiger partial charge in [0, 0.05) is 5.71 Å². The van der Waals surface area contributed by atoms with Crippen molar-refractivity contribution in [3.8, 4) is 0 Å². The molecule has 0 saturated heterocycles. The second-order valence-corrected chi connectivity index (χ2v) is 6.02. The molecular weight excluding hydrogens is 276 g/mol. The standard InChI is InChI=1S/C17H22N4O/c1-12-7-3-4-8-14(12)19-20-17(22)11-21-13(2)18-15-9-5-6-10-16(15)21/h5-6,9-10,12H,3-4,7-8,11H2,1-2H3,(H,20,22)/t12-/m0/s1. The summed E-state index contributed by atoms with van der Waals surface area (Å²) in [4.78, 5) is 16.7. The number of aryl methyl sites for hydroxylation is 1. The van der Waals surface area contributed by atoms with E-state index in [1.807, 2.05) is 35.8 Å². The number of aromatic nitrogens is 2. The lowest BCUT2D eigenvalue weighted by atomic mass is 9.89. The molecule has 1 atom stereocenters. The molecule has 5 heteroatoms. The second-order valence-electron chi connectivity index (χ2n) is 6.02. The Labute approximate surface area is 130 Å². The maximum atomic E-state index is 12.2. The molecule has 1 aliphatic rings. The van der Waals surface area contributed by atoms with E-state index < -0.39 is 0 Å². The number of nitrogens with one attached hydrogen (secondary N) is 1. The van der Waals surface area contributed by atoms with Crippen molar-refractivity contribution in [1.29, 1.82) is 0 Å². The summed E-state index contributed by atoms with van der Waals surface area (Å²) < 4.78 is 1.93. The van der Waals surface area contributed by atoms with Gasteiger partial charge in [-0.15, -0.1) is 0 Å². The molecule has 0 spiro atoms. The van der Waals surface area contributed by atoms with Crippen LogP contribution in [0.2, 0.25) is 0 Å². The molecule has 1 saturated carbocycles. The maximum absolute atomic E-state index is 12.2. The molecule has 2 aromatic rings. The van der Waals surface area contributed by atoms with E-state index >= 15 is 0 Å². The molecule has 1 fully saturated rings. The fourth-order valence-electron chi connectivity index (χ4n) is 3.04. The van der Waals surface area contributed by atoms with E-state index in [4.69, 9.17) is 0 Å². The van der Waals surface area contributed by atoms with Gasteiger partial charge in [-0.25, -0.2) is 10.4 Å². The van der Waals surface area contributed by atoms with E-state index in [2.05, 4.69) is 22.4 Å². The van der Waals surface area contributed by atoms with E-state index in [0.717, 1.165) is 29.0 Å². The summed E-state index contributed by atoms with van der Waals surface area (Å²) >= 11 is 0. The summed E-state index contributed by atoms with van der Waals surface area (Å²) in [6, 6.07) is 7.86. The Balaban J connectivity index is 1.71. The smallest absolute Gasteiger partial charge is 0.260 e. The lowest BCUT2D eigenvalue weighted by molar-refractivity contribution is -0.121. The van der Waals surface area contributed by atoms with Crippen molar-refractivity contribution < 1.29 is 4.79 Å². The van der Waals surface area contributed by atoms with Gasteiger partial charge in [0.25, 0.3) is 5.91 Å². The number of carbonyl (C=O) groups is 1. The molecule has 1 amide bonds. The number of carbonyl (C=O) groups excluding carboxylic acids is 1. The van der Waals surface area contributed by atoms with Gasteiger partial charge in [-0.2, -0.15) is 5.10 Å². The van der Waals surface area contributed by atoms with Gasteiger partial charge in [0.15, 0.2) is 0 Å². The summed E-state index contributed by atoms with van der Waals surface area (Å²) in [5, 5.41) is 4.34. The third-order valence-electron chi connectivity index (χ3n) is 4.36. The van der Waals surface area contributed by atoms with Crippen molar-refractivity contribution in [2.24, 2.45) is 11.0 Å². The Kier molecular flexibility index (Phi) is 4.22. The summed E-state index contributed by atoms with van der Waals surface area (Å²) in [6.07, 6.45) is 4.59. The van der Waals surface area contributed by atoms with E-state index in [1.54, 1.807) is 0 Å². The van der Waals surface area contributed by atoms with Crippen molar-refractivity contribution in [2.75, 3.05) is 0 Å². The van der Waals surface area contributed by atoms with E-state index in [9.17, 15) is 4.79 Å². The van der Waals surface area contributed by atoms with Crippen LogP contribution in [0.25, 0.3) is 11.0 Å². The predicted octanol–water partition coefficient (Wildman–Crippen LogP) is 3.03. The third kappa shape index (κ3) is 3.03. The monoisotopic (exact) mass is 298 g/mol. The van der Waals surface area contributed by atoms with Crippen molar-refractivity contribution in [3.63, 3.8) is 0 Å². The van der Waals surface area contributed by atoms with Gasteiger partial charge in [0.05, 0.1) is 11.0 Å². The van der Waals surface area contributed by atoms with Crippen LogP contribution in [-0.4, -0.2) is 21.2 Å². The van der Waals surface area contributed by atoms with Crippen LogP contribution in [0, 0.1) is 12.8 Å². The van der Waals surface area contributed by atoms with Crippen molar-refractivity contribution in [3.05, 3.63) is 30.1 Å². The number of rotatable bonds is 3. The number of hydrazone groups is 1. The molecule has 0 unspecified atom stereocenters. The Hall–Kier alpha value is -2.17. The molecule has 0 bridgehead atoms. The summed E-state index contributed by atoms with van der Waals surface area (Å²) in [6.45, 7) is 4.34. The zero-order chi connectivity index (χ0) is 15.5. The Morgan fingerprint density at radius 1 is 1.41 bits per heavy atom. The number of fused-ring (bicyclic) bond motifs is 1. The molecule has 0 aliphatic heterocycles. The first-order valence-corrected chi connectivity index (χ1v) is 7.92. The van der Waals surface area contributed by atoms with Crippen LogP contribution in [-0.2, 0) is 11.3 Å². The SMILES string of the molecule is Cc1nc2ccccc2n1CC(=O)NN=C1CCCC[C@@H]1C. The number of para-hydroxylation sites is 2. The highest BCUT2D eigenvalue weighted by Crippen LogP contribution is 2.20. The average molecular weight is 298 g/mol. The lowest BCUT2D eigenvalue weighted by Crippen LogP contribution is -2.27. The maximum Gasteiger partial charge on any atom is 0.260 e. The van der Waals surface area contributed by atoms with Gasteiger partial charge in [0.2, 0.25) is 0 Å². The molecule has 22 heavy (non-hydrogen) atoms. The topological polar surface area (TPSA) is 59.3 Å². The van der Waals surface area contributed by atoms with Crippen LogP contribution in [0.15, 0.2) is 29.4 Å². The minimum atomic E-state index is -0.100. The Morgan fingerprint density at radius 3 is 3.05 bits per heavy atom. The molecule has 116 valence electrons. The Bertz CT molecular complexity index is 717. The van der Waals surface area contributed by atoms with Gasteiger partial charge in [-0.3, -0.25) is 4.79 Å². The van der Waals surface area contributed by atoms with E-state index in [0.29, 0.717) is 5.92 Å². The number of nitrogens with zero attached hydrogens (tertiary/aromatic N) is 3. The molecule has 1 N–H and O–H groups in total. The Morgan fingerprint density at radius 2 is 2.23 bits per heavy atom. The molecular formula is C17H22N4O. The highest BCUT2D eigenvalue weighted by atomic mass is 16.2. The predicted molar refractivity (Wildman–Crippen MR) is 87.7 cm³/mol. The van der Waals surface area contributed by atoms with Crippen molar-refractivity contribution in [1.82, 2.24) is 15.0 Å². The van der Waals surface area contributed by atoms with Crippen LogP contribution in [0.5, 0.6) is 0 Å². The number of hydrogen-bond acceptors (Lipinski definition) is 3. The van der Waals surface area contributed by atoms with Gasteiger partial charge in [-0.1, -0.05) is 25.5 Å². The minimum absolute atomic E-state index is 0.100. The van der Waals surface area contributed by atoms with Crippen LogP contribution < -0.4 is 5.43 Å². The van der Waals surface area contributed by atoms with Gasteiger partial charge >= 0.3 is 0 Å². The van der Waals surface area contributed by atoms with E-state index in [-0.39, 0.29) is 12.5 Å². The zero-order valence-corrected chi connectivity index (χ0v) is 13.2. The van der Waals surface area contributed by atoms with Gasteiger partial charge in [-0.05, 0) is 44.2 Å². The van der Waals surface area contributed by atoms with Crippen LogP contribution in [0.3, 0.4) is 0 Å². The highest BCUT2D eigenvalue weighted by Gasteiger charge is 2.16. The molecule has 1 heterocycles. The van der Waals surface area contributed by atoms with Crippen LogP contribution in [0.1, 0.15) is 38.4 Å². The summed E-state index contributed by atoms with van der Waals surface area (Å²) in [7, 11) is 0. The third-order valence-corrected chi connectivity index (χ3v) is 4.36. The number of benzene rings is 1. The molecule has 1 aliphatic carbocycles. The van der Waals surface area contributed by atoms with Gasteiger partial charge < -0.3 is 4.57 Å². The fourth-order valence-corrected chi connectivity index (χ4v) is 3.04. The molecule has 3 rings (SSSR count). The largest absolute Gasteiger partial charge is 0.319 e. The first kappa shape index (κ1) is 14.8. The number of imidazole rings is 1. The van der Waals surface area contributed by atoms with E-state index in [1.165, 1.54) is 19.3 Å². The minimum Gasteiger partial charge on any atom is -0.319 e. The number of amides is 1. The molecule has 1 aromatic carbocycles. The van der Waals surface area contributed by atoms with Crippen molar-refractivity contribution in [2.45, 2.75) is 46.1 Å². The van der Waals surface area contributed by atoms with Gasteiger partial charge in [0.1, 0.15) is 12.4 Å². The first-order chi connectivity index (χ1) is 10.6. The zero-order valence-electron chi connectivity index (χ0n) is 13.2. The number of hydrogen-bond donors (Lipinski definition) is 1. The van der Waals surface area contributed by atoms with Crippen LogP contribution >= 0.6 is 0 Å². The lowest BCUT2D eigenvalue weighted by Gasteiger charge is -2.19. The molecule has 0 radical (unpaired) electrons. The summed E-state index contributed by atoms with van der Waals surface area (Å²) in [5.74, 6) is 1.22. The average Bonchev–Trinajstić information content (AvgIpc) is 2.83. The quantitative estimate of drug-likeness (QED) is 0.885.